The van der Waals surface area contributed by atoms with Gasteiger partial charge in [-0.1, -0.05) is 0 Å². The second-order valence-corrected chi connectivity index (χ2v) is 6.73. The molecule has 2 aliphatic rings. The van der Waals surface area contributed by atoms with Crippen molar-refractivity contribution in [3.63, 3.8) is 0 Å². The number of hydrogen-bond donors (Lipinski definition) is 1. The average Bonchev–Trinajstić information content (AvgIpc) is 2.84. The monoisotopic (exact) mass is 298 g/mol. The minimum atomic E-state index is -0.0281. The van der Waals surface area contributed by atoms with E-state index in [0.29, 0.717) is 5.56 Å². The number of nitriles is 1. The molecule has 1 N–H and O–H groups in total. The van der Waals surface area contributed by atoms with Gasteiger partial charge in [0.2, 0.25) is 5.91 Å². The number of hydrogen-bond acceptors (Lipinski definition) is 4. The van der Waals surface area contributed by atoms with E-state index in [9.17, 15) is 10.1 Å². The molecular weight excluding hydrogens is 284 g/mol. The highest BCUT2D eigenvalue weighted by molar-refractivity contribution is 7.16. The Bertz CT molecular complexity index is 739. The first-order valence-corrected chi connectivity index (χ1v) is 7.98. The van der Waals surface area contributed by atoms with Gasteiger partial charge in [-0.25, -0.2) is 0 Å². The van der Waals surface area contributed by atoms with Crippen LogP contribution < -0.4 is 5.32 Å². The van der Waals surface area contributed by atoms with E-state index in [1.54, 1.807) is 17.6 Å². The molecule has 5 heteroatoms. The molecule has 0 bridgehead atoms. The summed E-state index contributed by atoms with van der Waals surface area (Å²) in [5.74, 6) is 1.05. The maximum Gasteiger partial charge on any atom is 0.228 e. The van der Waals surface area contributed by atoms with Gasteiger partial charge in [-0.3, -0.25) is 4.79 Å². The number of aryl methyl sites for hydroxylation is 1. The van der Waals surface area contributed by atoms with E-state index in [4.69, 9.17) is 4.42 Å². The smallest absolute Gasteiger partial charge is 0.228 e. The molecule has 2 heterocycles. The highest BCUT2D eigenvalue weighted by Crippen LogP contribution is 2.48. The maximum atomic E-state index is 12.3. The van der Waals surface area contributed by atoms with Crippen molar-refractivity contribution in [1.29, 1.82) is 5.26 Å². The zero-order valence-corrected chi connectivity index (χ0v) is 12.2. The van der Waals surface area contributed by atoms with E-state index < -0.39 is 0 Å². The predicted octanol–water partition coefficient (Wildman–Crippen LogP) is 3.44. The number of nitrogens with one attached hydrogen (secondary N) is 1. The van der Waals surface area contributed by atoms with Gasteiger partial charge in [-0.15, -0.1) is 11.3 Å². The summed E-state index contributed by atoms with van der Waals surface area (Å²) in [5.41, 5.74) is 1.83. The summed E-state index contributed by atoms with van der Waals surface area (Å²) in [7, 11) is 0. The first kappa shape index (κ1) is 12.7. The van der Waals surface area contributed by atoms with Gasteiger partial charge in [0.15, 0.2) is 0 Å². The highest BCUT2D eigenvalue weighted by Gasteiger charge is 2.46. The normalized spacial score (nSPS) is 22.6. The Labute approximate surface area is 126 Å². The van der Waals surface area contributed by atoms with E-state index in [1.807, 2.05) is 12.1 Å². The van der Waals surface area contributed by atoms with Gasteiger partial charge in [-0.05, 0) is 43.4 Å². The Morgan fingerprint density at radius 3 is 3.14 bits per heavy atom. The van der Waals surface area contributed by atoms with Gasteiger partial charge in [0.1, 0.15) is 16.8 Å². The van der Waals surface area contributed by atoms with Crippen LogP contribution in [0.2, 0.25) is 0 Å². The fourth-order valence-electron chi connectivity index (χ4n) is 3.12. The number of thiophene rings is 1. The van der Waals surface area contributed by atoms with Gasteiger partial charge >= 0.3 is 0 Å². The van der Waals surface area contributed by atoms with Crippen LogP contribution in [0.4, 0.5) is 5.00 Å². The lowest BCUT2D eigenvalue weighted by Gasteiger charge is -2.03. The lowest BCUT2D eigenvalue weighted by Crippen LogP contribution is -2.14. The van der Waals surface area contributed by atoms with Gasteiger partial charge in [0, 0.05) is 16.7 Å². The van der Waals surface area contributed by atoms with E-state index in [0.717, 1.165) is 42.0 Å². The zero-order chi connectivity index (χ0) is 14.4. The molecule has 0 aliphatic heterocycles. The molecule has 4 rings (SSSR count). The fourth-order valence-corrected chi connectivity index (χ4v) is 4.36. The standard InChI is InChI=1S/C16H14N2O2S/c17-8-12-9-3-1-5-14(9)21-16(12)18-15(19)11-7-10(11)13-4-2-6-20-13/h2,4,6,10-11H,1,3,5,7H2,(H,18,19)/t10-,11-/m0/s1. The Morgan fingerprint density at radius 2 is 2.38 bits per heavy atom. The Kier molecular flexibility index (Phi) is 2.86. The van der Waals surface area contributed by atoms with Gasteiger partial charge < -0.3 is 9.73 Å². The van der Waals surface area contributed by atoms with Crippen LogP contribution in [0.5, 0.6) is 0 Å². The van der Waals surface area contributed by atoms with Crippen molar-refractivity contribution in [3.8, 4) is 6.07 Å². The van der Waals surface area contributed by atoms with E-state index in [1.165, 1.54) is 4.88 Å². The Morgan fingerprint density at radius 1 is 1.48 bits per heavy atom. The molecule has 1 amide bonds. The molecular formula is C16H14N2O2S. The molecule has 4 nitrogen and oxygen atoms in total. The summed E-state index contributed by atoms with van der Waals surface area (Å²) in [4.78, 5) is 13.6. The summed E-state index contributed by atoms with van der Waals surface area (Å²) in [6.45, 7) is 0. The number of carbonyl (C=O) groups is 1. The highest BCUT2D eigenvalue weighted by atomic mass is 32.1. The number of carbonyl (C=O) groups excluding carboxylic acids is 1. The zero-order valence-electron chi connectivity index (χ0n) is 11.4. The number of fused-ring (bicyclic) bond motifs is 1. The number of rotatable bonds is 3. The maximum absolute atomic E-state index is 12.3. The fraction of sp³-hybridized carbons (Fsp3) is 0.375. The van der Waals surface area contributed by atoms with Crippen LogP contribution >= 0.6 is 11.3 Å². The summed E-state index contributed by atoms with van der Waals surface area (Å²) >= 11 is 1.57. The van der Waals surface area contributed by atoms with Crippen molar-refractivity contribution >= 4 is 22.2 Å². The second-order valence-electron chi connectivity index (χ2n) is 5.63. The van der Waals surface area contributed by atoms with Crippen molar-refractivity contribution in [2.24, 2.45) is 5.92 Å². The summed E-state index contributed by atoms with van der Waals surface area (Å²) in [6, 6.07) is 6.02. The molecule has 1 fully saturated rings. The SMILES string of the molecule is N#Cc1c(NC(=O)[C@H]2C[C@@H]2c2ccco2)sc2c1CCC2. The van der Waals surface area contributed by atoms with Gasteiger partial charge in [0.05, 0.1) is 11.8 Å². The summed E-state index contributed by atoms with van der Waals surface area (Å²) in [6.07, 6.45) is 5.58. The topological polar surface area (TPSA) is 66.0 Å². The van der Waals surface area contributed by atoms with E-state index >= 15 is 0 Å². The van der Waals surface area contributed by atoms with Crippen LogP contribution in [0.3, 0.4) is 0 Å². The first-order chi connectivity index (χ1) is 10.3. The van der Waals surface area contributed by atoms with Crippen molar-refractivity contribution in [3.05, 3.63) is 40.2 Å². The van der Waals surface area contributed by atoms with Gasteiger partial charge in [-0.2, -0.15) is 5.26 Å². The van der Waals surface area contributed by atoms with Crippen LogP contribution in [-0.2, 0) is 17.6 Å². The molecule has 0 spiro atoms. The largest absolute Gasteiger partial charge is 0.469 e. The van der Waals surface area contributed by atoms with E-state index in [2.05, 4.69) is 11.4 Å². The van der Waals surface area contributed by atoms with Crippen LogP contribution in [0.1, 0.15) is 40.5 Å². The number of furan rings is 1. The third kappa shape index (κ3) is 2.07. The summed E-state index contributed by atoms with van der Waals surface area (Å²) in [5, 5.41) is 13.0. The minimum Gasteiger partial charge on any atom is -0.469 e. The molecule has 2 atom stereocenters. The Balaban J connectivity index is 1.50. The first-order valence-electron chi connectivity index (χ1n) is 7.17. The van der Waals surface area contributed by atoms with Crippen molar-refractivity contribution < 1.29 is 9.21 Å². The van der Waals surface area contributed by atoms with Crippen LogP contribution in [-0.4, -0.2) is 5.91 Å². The molecule has 2 aromatic heterocycles. The van der Waals surface area contributed by atoms with Crippen molar-refractivity contribution in [1.82, 2.24) is 0 Å². The lowest BCUT2D eigenvalue weighted by atomic mass is 10.1. The predicted molar refractivity (Wildman–Crippen MR) is 79.2 cm³/mol. The minimum absolute atomic E-state index is 0.00724. The van der Waals surface area contributed by atoms with Crippen LogP contribution in [0, 0.1) is 17.2 Å². The quantitative estimate of drug-likeness (QED) is 0.944. The average molecular weight is 298 g/mol. The third-order valence-electron chi connectivity index (χ3n) is 4.31. The summed E-state index contributed by atoms with van der Waals surface area (Å²) < 4.78 is 5.35. The number of anilines is 1. The molecule has 1 saturated carbocycles. The molecule has 21 heavy (non-hydrogen) atoms. The lowest BCUT2D eigenvalue weighted by molar-refractivity contribution is -0.117. The molecule has 0 saturated heterocycles. The third-order valence-corrected chi connectivity index (χ3v) is 5.51. The van der Waals surface area contributed by atoms with Crippen molar-refractivity contribution in [2.45, 2.75) is 31.6 Å². The van der Waals surface area contributed by atoms with Crippen molar-refractivity contribution in [2.75, 3.05) is 5.32 Å². The molecule has 0 radical (unpaired) electrons. The molecule has 0 unspecified atom stereocenters. The molecule has 0 aromatic carbocycles. The van der Waals surface area contributed by atoms with E-state index in [-0.39, 0.29) is 17.7 Å². The Hall–Kier alpha value is -2.06. The van der Waals surface area contributed by atoms with Crippen LogP contribution in [0.25, 0.3) is 0 Å². The molecule has 106 valence electrons. The number of nitrogens with zero attached hydrogens (tertiary/aromatic N) is 1. The number of amides is 1. The molecule has 2 aliphatic carbocycles. The second kappa shape index (κ2) is 4.74. The van der Waals surface area contributed by atoms with Gasteiger partial charge in [0.25, 0.3) is 0 Å². The van der Waals surface area contributed by atoms with Crippen LogP contribution in [0.15, 0.2) is 22.8 Å². The molecule has 2 aromatic rings.